The van der Waals surface area contributed by atoms with Gasteiger partial charge in [-0.05, 0) is 58.0 Å². The molecule has 0 bridgehead atoms. The van der Waals surface area contributed by atoms with Gasteiger partial charge in [0.05, 0.1) is 24.5 Å². The molecule has 0 amide bonds. The normalized spacial score (nSPS) is 47.0. The molecule has 3 aliphatic heterocycles. The molecule has 7 atom stereocenters. The van der Waals surface area contributed by atoms with E-state index in [1.165, 1.54) is 19.3 Å². The van der Waals surface area contributed by atoms with Crippen molar-refractivity contribution in [1.82, 2.24) is 4.90 Å². The summed E-state index contributed by atoms with van der Waals surface area (Å²) in [4.78, 5) is 27.2. The summed E-state index contributed by atoms with van der Waals surface area (Å²) in [5.41, 5.74) is 0.110. The van der Waals surface area contributed by atoms with Gasteiger partial charge in [-0.2, -0.15) is 0 Å². The molecule has 2 aliphatic carbocycles. The van der Waals surface area contributed by atoms with E-state index in [4.69, 9.17) is 14.2 Å². The quantitative estimate of drug-likeness (QED) is 0.529. The van der Waals surface area contributed by atoms with Crippen LogP contribution in [0.15, 0.2) is 0 Å². The van der Waals surface area contributed by atoms with Crippen LogP contribution in [-0.2, 0) is 23.8 Å². The van der Waals surface area contributed by atoms with E-state index in [1.807, 2.05) is 6.92 Å². The maximum atomic E-state index is 12.8. The van der Waals surface area contributed by atoms with Crippen molar-refractivity contribution in [1.29, 1.82) is 0 Å². The lowest BCUT2D eigenvalue weighted by Crippen LogP contribution is -2.54. The minimum absolute atomic E-state index is 0.00277. The van der Waals surface area contributed by atoms with Crippen molar-refractivity contribution >= 4 is 11.9 Å². The molecule has 5 rings (SSSR count). The van der Waals surface area contributed by atoms with Gasteiger partial charge in [0, 0.05) is 17.9 Å². The van der Waals surface area contributed by atoms with E-state index in [9.17, 15) is 9.59 Å². The lowest BCUT2D eigenvalue weighted by molar-refractivity contribution is -0.150. The Hall–Kier alpha value is -1.14. The molecule has 29 heavy (non-hydrogen) atoms. The first-order valence-electron chi connectivity index (χ1n) is 11.7. The topological polar surface area (TPSA) is 68.4 Å². The number of fused-ring (bicyclic) bond motifs is 2. The van der Waals surface area contributed by atoms with E-state index >= 15 is 0 Å². The Morgan fingerprint density at radius 2 is 2.03 bits per heavy atom. The highest BCUT2D eigenvalue weighted by Crippen LogP contribution is 2.70. The molecule has 2 saturated carbocycles. The van der Waals surface area contributed by atoms with Gasteiger partial charge in [-0.15, -0.1) is 0 Å². The Morgan fingerprint density at radius 1 is 1.28 bits per heavy atom. The van der Waals surface area contributed by atoms with Gasteiger partial charge in [0.15, 0.2) is 0 Å². The van der Waals surface area contributed by atoms with E-state index < -0.39 is 0 Å². The highest BCUT2D eigenvalue weighted by atomic mass is 16.6. The molecule has 5 fully saturated rings. The highest BCUT2D eigenvalue weighted by Gasteiger charge is 2.78. The Morgan fingerprint density at radius 3 is 2.76 bits per heavy atom. The summed E-state index contributed by atoms with van der Waals surface area (Å²) in [5, 5.41) is 0. The van der Waals surface area contributed by atoms with Crippen LogP contribution in [0.2, 0.25) is 0 Å². The average molecular weight is 406 g/mol. The van der Waals surface area contributed by atoms with Gasteiger partial charge in [-0.3, -0.25) is 9.59 Å². The predicted octanol–water partition coefficient (Wildman–Crippen LogP) is 2.79. The first-order valence-corrected chi connectivity index (χ1v) is 11.7. The number of carbonyl (C=O) groups excluding carboxylic acids is 2. The summed E-state index contributed by atoms with van der Waals surface area (Å²) >= 11 is 0. The van der Waals surface area contributed by atoms with E-state index in [-0.39, 0.29) is 52.9 Å². The van der Waals surface area contributed by atoms with Gasteiger partial charge in [0.1, 0.15) is 11.7 Å². The molecule has 0 N–H and O–H groups in total. The average Bonchev–Trinajstić information content (AvgIpc) is 3.37. The standard InChI is InChI=1S/C23H35NO5/c1-4-27-20(25)15-7-10-24(11-8-15)13-16-18-17(28-21(16)26)12-22(3)9-5-6-14(2)23(22)19(18)29-23/h14-19H,4-13H2,1-3H3/t14-,16+,17+,18+,19-,22+,23+/m0/s1. The van der Waals surface area contributed by atoms with Gasteiger partial charge in [-0.25, -0.2) is 0 Å². The van der Waals surface area contributed by atoms with Crippen LogP contribution in [0.4, 0.5) is 0 Å². The van der Waals surface area contributed by atoms with Crippen molar-refractivity contribution in [2.45, 2.75) is 77.1 Å². The number of esters is 2. The van der Waals surface area contributed by atoms with Gasteiger partial charge in [0.2, 0.25) is 0 Å². The summed E-state index contributed by atoms with van der Waals surface area (Å²) in [6.45, 7) is 9.41. The molecule has 0 unspecified atom stereocenters. The first kappa shape index (κ1) is 19.8. The molecule has 1 spiro atoms. The first-order chi connectivity index (χ1) is 13.9. The minimum Gasteiger partial charge on any atom is -0.466 e. The van der Waals surface area contributed by atoms with E-state index in [1.54, 1.807) is 0 Å². The summed E-state index contributed by atoms with van der Waals surface area (Å²) in [5.74, 6) is 0.555. The second-order valence-electron chi connectivity index (χ2n) is 10.4. The molecular formula is C23H35NO5. The maximum Gasteiger partial charge on any atom is 0.311 e. The minimum atomic E-state index is -0.0952. The molecule has 3 saturated heterocycles. The number of epoxide rings is 1. The lowest BCUT2D eigenvalue weighted by atomic mass is 9.53. The number of hydrogen-bond donors (Lipinski definition) is 0. The highest BCUT2D eigenvalue weighted by molar-refractivity contribution is 5.76. The summed E-state index contributed by atoms with van der Waals surface area (Å²) in [6, 6.07) is 0. The zero-order valence-corrected chi connectivity index (χ0v) is 18.0. The fraction of sp³-hybridized carbons (Fsp3) is 0.913. The van der Waals surface area contributed by atoms with Crippen molar-refractivity contribution < 1.29 is 23.8 Å². The van der Waals surface area contributed by atoms with Gasteiger partial charge in [-0.1, -0.05) is 20.3 Å². The van der Waals surface area contributed by atoms with Crippen molar-refractivity contribution in [2.24, 2.45) is 29.1 Å². The van der Waals surface area contributed by atoms with Crippen molar-refractivity contribution in [3.05, 3.63) is 0 Å². The number of rotatable bonds is 4. The van der Waals surface area contributed by atoms with Crippen LogP contribution >= 0.6 is 0 Å². The van der Waals surface area contributed by atoms with Crippen LogP contribution in [-0.4, -0.2) is 60.9 Å². The Balaban J connectivity index is 1.26. The Bertz CT molecular complexity index is 689. The molecule has 0 radical (unpaired) electrons. The molecule has 3 heterocycles. The van der Waals surface area contributed by atoms with Crippen LogP contribution in [0, 0.1) is 29.1 Å². The van der Waals surface area contributed by atoms with Crippen molar-refractivity contribution in [3.63, 3.8) is 0 Å². The van der Waals surface area contributed by atoms with Gasteiger partial charge >= 0.3 is 11.9 Å². The molecule has 162 valence electrons. The smallest absolute Gasteiger partial charge is 0.311 e. The number of piperidine rings is 1. The predicted molar refractivity (Wildman–Crippen MR) is 106 cm³/mol. The van der Waals surface area contributed by atoms with Crippen LogP contribution in [0.3, 0.4) is 0 Å². The third kappa shape index (κ3) is 2.88. The molecule has 0 aromatic heterocycles. The van der Waals surface area contributed by atoms with E-state index in [0.29, 0.717) is 12.5 Å². The number of carbonyl (C=O) groups is 2. The second kappa shape index (κ2) is 6.94. The number of likely N-dealkylation sites (tertiary alicyclic amines) is 1. The van der Waals surface area contributed by atoms with E-state index in [2.05, 4.69) is 18.7 Å². The SMILES string of the molecule is CCOC(=O)C1CCN(C[C@H]2C(=O)O[C@@H]3C[C@@]4(C)CCC[C@H](C)[C@]45O[C@H]5[C@@H]32)CC1. The molecule has 5 aliphatic rings. The number of hydrogen-bond acceptors (Lipinski definition) is 6. The third-order valence-corrected chi connectivity index (χ3v) is 8.86. The van der Waals surface area contributed by atoms with Crippen LogP contribution < -0.4 is 0 Å². The van der Waals surface area contributed by atoms with Crippen LogP contribution in [0.25, 0.3) is 0 Å². The zero-order valence-electron chi connectivity index (χ0n) is 18.0. The molecular weight excluding hydrogens is 370 g/mol. The molecule has 0 aromatic rings. The lowest BCUT2D eigenvalue weighted by Gasteiger charge is -2.49. The van der Waals surface area contributed by atoms with Gasteiger partial charge < -0.3 is 19.1 Å². The summed E-state index contributed by atoms with van der Waals surface area (Å²) < 4.78 is 17.6. The fourth-order valence-electron chi connectivity index (χ4n) is 7.33. The molecule has 0 aromatic carbocycles. The van der Waals surface area contributed by atoms with Crippen LogP contribution in [0.1, 0.15) is 59.3 Å². The maximum absolute atomic E-state index is 12.8. The fourth-order valence-corrected chi connectivity index (χ4v) is 7.33. The molecule has 6 heteroatoms. The van der Waals surface area contributed by atoms with Crippen molar-refractivity contribution in [3.8, 4) is 0 Å². The summed E-state index contributed by atoms with van der Waals surface area (Å²) in [7, 11) is 0. The number of ether oxygens (including phenoxy) is 3. The Labute approximate surface area is 173 Å². The van der Waals surface area contributed by atoms with Crippen molar-refractivity contribution in [2.75, 3.05) is 26.2 Å². The zero-order chi connectivity index (χ0) is 20.4. The third-order valence-electron chi connectivity index (χ3n) is 8.86. The Kier molecular flexibility index (Phi) is 4.74. The molecule has 6 nitrogen and oxygen atoms in total. The van der Waals surface area contributed by atoms with Crippen LogP contribution in [0.5, 0.6) is 0 Å². The van der Waals surface area contributed by atoms with Gasteiger partial charge in [0.25, 0.3) is 0 Å². The largest absolute Gasteiger partial charge is 0.466 e. The number of nitrogens with zero attached hydrogens (tertiary/aromatic N) is 1. The second-order valence-corrected chi connectivity index (χ2v) is 10.4. The monoisotopic (exact) mass is 405 g/mol. The summed E-state index contributed by atoms with van der Waals surface area (Å²) in [6.07, 6.45) is 6.42. The van der Waals surface area contributed by atoms with E-state index in [0.717, 1.165) is 38.9 Å².